The molecule has 82 valence electrons. The molecule has 0 saturated carbocycles. The number of rotatable bonds is 3. The summed E-state index contributed by atoms with van der Waals surface area (Å²) in [5.74, 6) is -2.55. The second-order valence-corrected chi connectivity index (χ2v) is 3.94. The largest absolute Gasteiger partial charge is 0.474 e. The lowest BCUT2D eigenvalue weighted by molar-refractivity contribution is -0.147. The van der Waals surface area contributed by atoms with Crippen LogP contribution in [0.5, 0.6) is 0 Å². The van der Waals surface area contributed by atoms with E-state index < -0.39 is 11.9 Å². The molecule has 6 heteroatoms. The number of hydrogen-bond donors (Lipinski definition) is 2. The van der Waals surface area contributed by atoms with E-state index in [1.54, 1.807) is 0 Å². The van der Waals surface area contributed by atoms with Crippen LogP contribution >= 0.6 is 11.3 Å². The Balaban J connectivity index is 2.83. The molecule has 0 aliphatic carbocycles. The first kappa shape index (κ1) is 11.6. The van der Waals surface area contributed by atoms with Crippen molar-refractivity contribution in [3.8, 4) is 0 Å². The van der Waals surface area contributed by atoms with Gasteiger partial charge in [-0.15, -0.1) is 11.3 Å². The number of thiazole rings is 1. The number of hydrogen-bond acceptors (Lipinski definition) is 4. The third-order valence-electron chi connectivity index (χ3n) is 1.85. The van der Waals surface area contributed by atoms with Gasteiger partial charge in [0.25, 0.3) is 0 Å². The van der Waals surface area contributed by atoms with Crippen molar-refractivity contribution in [1.29, 1.82) is 0 Å². The van der Waals surface area contributed by atoms with E-state index in [1.807, 2.05) is 13.8 Å². The molecule has 0 bridgehead atoms. The van der Waals surface area contributed by atoms with Crippen LogP contribution < -0.4 is 5.32 Å². The maximum Gasteiger partial charge on any atom is 0.394 e. The minimum atomic E-state index is -1.50. The van der Waals surface area contributed by atoms with Crippen LogP contribution in [0, 0.1) is 0 Å². The Kier molecular flexibility index (Phi) is 3.79. The van der Waals surface area contributed by atoms with Gasteiger partial charge in [0.15, 0.2) is 5.13 Å². The number of carboxylic acid groups (broad SMARTS) is 1. The van der Waals surface area contributed by atoms with Crippen molar-refractivity contribution in [3.05, 3.63) is 10.6 Å². The Morgan fingerprint density at radius 1 is 1.40 bits per heavy atom. The Morgan fingerprint density at radius 2 is 2.07 bits per heavy atom. The number of aromatic nitrogens is 1. The van der Waals surface area contributed by atoms with E-state index in [2.05, 4.69) is 10.3 Å². The molecular weight excluding hydrogens is 216 g/mol. The molecule has 1 aromatic rings. The summed E-state index contributed by atoms with van der Waals surface area (Å²) in [6.45, 7) is 3.96. The maximum absolute atomic E-state index is 10.9. The lowest BCUT2D eigenvalue weighted by atomic mass is 10.2. The highest BCUT2D eigenvalue weighted by Crippen LogP contribution is 2.23. The van der Waals surface area contributed by atoms with E-state index in [1.165, 1.54) is 11.3 Å². The van der Waals surface area contributed by atoms with Crippen molar-refractivity contribution in [2.45, 2.75) is 26.7 Å². The molecule has 0 spiro atoms. The smallest absolute Gasteiger partial charge is 0.394 e. The minimum absolute atomic E-state index is 0.358. The van der Waals surface area contributed by atoms with Crippen LogP contribution in [0.4, 0.5) is 5.13 Å². The van der Waals surface area contributed by atoms with E-state index in [0.717, 1.165) is 23.4 Å². The molecule has 5 nitrogen and oxygen atoms in total. The summed E-state index contributed by atoms with van der Waals surface area (Å²) in [6, 6.07) is 0. The topological polar surface area (TPSA) is 79.3 Å². The number of carbonyl (C=O) groups is 2. The fourth-order valence-electron chi connectivity index (χ4n) is 1.14. The van der Waals surface area contributed by atoms with Crippen LogP contribution in [-0.4, -0.2) is 22.0 Å². The maximum atomic E-state index is 10.9. The minimum Gasteiger partial charge on any atom is -0.474 e. The molecule has 1 aromatic heterocycles. The molecular formula is C9H12N2O3S. The van der Waals surface area contributed by atoms with Crippen LogP contribution in [0.1, 0.15) is 24.4 Å². The monoisotopic (exact) mass is 228 g/mol. The summed E-state index contributed by atoms with van der Waals surface area (Å²) >= 11 is 1.32. The van der Waals surface area contributed by atoms with Gasteiger partial charge in [-0.2, -0.15) is 0 Å². The molecule has 0 saturated heterocycles. The average molecular weight is 228 g/mol. The van der Waals surface area contributed by atoms with Gasteiger partial charge in [0.2, 0.25) is 0 Å². The third kappa shape index (κ3) is 2.76. The molecule has 0 aliphatic heterocycles. The number of nitrogens with one attached hydrogen (secondary N) is 1. The molecule has 0 aliphatic rings. The van der Waals surface area contributed by atoms with Crippen molar-refractivity contribution >= 4 is 28.3 Å². The highest BCUT2D eigenvalue weighted by molar-refractivity contribution is 7.16. The van der Waals surface area contributed by atoms with Gasteiger partial charge in [-0.25, -0.2) is 9.78 Å². The highest BCUT2D eigenvalue weighted by atomic mass is 32.1. The first-order valence-corrected chi connectivity index (χ1v) is 5.43. The Bertz CT molecular complexity index is 365. The second-order valence-electron chi connectivity index (χ2n) is 2.86. The number of nitrogens with zero attached hydrogens (tertiary/aromatic N) is 1. The predicted molar refractivity (Wildman–Crippen MR) is 57.1 cm³/mol. The molecule has 2 N–H and O–H groups in total. The summed E-state index contributed by atoms with van der Waals surface area (Å²) in [5, 5.41) is 11.0. The van der Waals surface area contributed by atoms with E-state index in [4.69, 9.17) is 5.11 Å². The SMILES string of the molecule is CCc1nc(NC(=O)C(=O)O)sc1CC. The zero-order chi connectivity index (χ0) is 11.4. The Hall–Kier alpha value is -1.43. The van der Waals surface area contributed by atoms with Crippen molar-refractivity contribution in [2.24, 2.45) is 0 Å². The molecule has 0 unspecified atom stereocenters. The highest BCUT2D eigenvalue weighted by Gasteiger charge is 2.15. The molecule has 0 atom stereocenters. The number of amides is 1. The summed E-state index contributed by atoms with van der Waals surface area (Å²) in [6.07, 6.45) is 1.62. The van der Waals surface area contributed by atoms with Crippen LogP contribution in [0.3, 0.4) is 0 Å². The quantitative estimate of drug-likeness (QED) is 0.764. The number of aryl methyl sites for hydroxylation is 2. The molecule has 1 heterocycles. The number of carbonyl (C=O) groups excluding carboxylic acids is 1. The van der Waals surface area contributed by atoms with Crippen LogP contribution in [-0.2, 0) is 22.4 Å². The van der Waals surface area contributed by atoms with Gasteiger partial charge >= 0.3 is 11.9 Å². The van der Waals surface area contributed by atoms with Crippen molar-refractivity contribution in [3.63, 3.8) is 0 Å². The van der Waals surface area contributed by atoms with Gasteiger partial charge in [0.05, 0.1) is 5.69 Å². The van der Waals surface area contributed by atoms with Crippen molar-refractivity contribution < 1.29 is 14.7 Å². The normalized spacial score (nSPS) is 10.0. The molecule has 1 amide bonds. The number of aliphatic carboxylic acids is 1. The Morgan fingerprint density at radius 3 is 2.47 bits per heavy atom. The van der Waals surface area contributed by atoms with Crippen molar-refractivity contribution in [1.82, 2.24) is 4.98 Å². The van der Waals surface area contributed by atoms with Gasteiger partial charge in [-0.1, -0.05) is 13.8 Å². The Labute approximate surface area is 91.1 Å². The van der Waals surface area contributed by atoms with Crippen LogP contribution in [0.25, 0.3) is 0 Å². The lowest BCUT2D eigenvalue weighted by Crippen LogP contribution is -2.21. The molecule has 0 fully saturated rings. The second kappa shape index (κ2) is 4.88. The summed E-state index contributed by atoms with van der Waals surface area (Å²) < 4.78 is 0. The summed E-state index contributed by atoms with van der Waals surface area (Å²) in [4.78, 5) is 26.4. The fourth-order valence-corrected chi connectivity index (χ4v) is 2.12. The average Bonchev–Trinajstić information content (AvgIpc) is 2.59. The van der Waals surface area contributed by atoms with Gasteiger partial charge in [0.1, 0.15) is 0 Å². The fraction of sp³-hybridized carbons (Fsp3) is 0.444. The lowest BCUT2D eigenvalue weighted by Gasteiger charge is -1.93. The third-order valence-corrected chi connectivity index (χ3v) is 3.01. The van der Waals surface area contributed by atoms with Gasteiger partial charge in [0, 0.05) is 4.88 Å². The molecule has 0 radical (unpaired) electrons. The number of carboxylic acids is 1. The first-order valence-electron chi connectivity index (χ1n) is 4.61. The van der Waals surface area contributed by atoms with Gasteiger partial charge < -0.3 is 5.11 Å². The summed E-state index contributed by atoms with van der Waals surface area (Å²) in [5.41, 5.74) is 0.920. The van der Waals surface area contributed by atoms with E-state index in [-0.39, 0.29) is 0 Å². The number of anilines is 1. The first-order chi connectivity index (χ1) is 7.08. The van der Waals surface area contributed by atoms with Crippen molar-refractivity contribution in [2.75, 3.05) is 5.32 Å². The zero-order valence-electron chi connectivity index (χ0n) is 8.53. The predicted octanol–water partition coefficient (Wildman–Crippen LogP) is 1.29. The van der Waals surface area contributed by atoms with E-state index >= 15 is 0 Å². The van der Waals surface area contributed by atoms with E-state index in [0.29, 0.717) is 5.13 Å². The van der Waals surface area contributed by atoms with Crippen LogP contribution in [0.15, 0.2) is 0 Å². The van der Waals surface area contributed by atoms with Gasteiger partial charge in [-0.05, 0) is 12.8 Å². The molecule has 0 aromatic carbocycles. The van der Waals surface area contributed by atoms with Crippen LogP contribution in [0.2, 0.25) is 0 Å². The molecule has 15 heavy (non-hydrogen) atoms. The summed E-state index contributed by atoms with van der Waals surface area (Å²) in [7, 11) is 0. The standard InChI is InChI=1S/C9H12N2O3S/c1-3-5-6(4-2)15-9(10-5)11-7(12)8(13)14/h3-4H2,1-2H3,(H,13,14)(H,10,11,12). The van der Waals surface area contributed by atoms with E-state index in [9.17, 15) is 9.59 Å². The molecule has 1 rings (SSSR count). The van der Waals surface area contributed by atoms with Gasteiger partial charge in [-0.3, -0.25) is 10.1 Å². The zero-order valence-corrected chi connectivity index (χ0v) is 9.35.